The number of carbonyl (C=O) groups is 1. The van der Waals surface area contributed by atoms with Gasteiger partial charge < -0.3 is 4.74 Å². The zero-order chi connectivity index (χ0) is 18.3. The van der Waals surface area contributed by atoms with Crippen molar-refractivity contribution in [3.05, 3.63) is 58.3 Å². The second kappa shape index (κ2) is 9.26. The predicted molar refractivity (Wildman–Crippen MR) is 94.7 cm³/mol. The standard InChI is InChI=1S/C17H18F3NO2S2/c1-23-16(22)13(11-24-10-12-6-3-2-4-7-12)21-15(17(18,19)20)14-8-5-9-25-14/h2-9,13,15,21H,10-11H2,1H3/t13-,15+/m0/s1. The van der Waals surface area contributed by atoms with Crippen LogP contribution >= 0.6 is 23.1 Å². The third-order valence-electron chi connectivity index (χ3n) is 3.40. The highest BCUT2D eigenvalue weighted by molar-refractivity contribution is 7.98. The van der Waals surface area contributed by atoms with Crippen LogP contribution in [0.25, 0.3) is 0 Å². The smallest absolute Gasteiger partial charge is 0.408 e. The number of thiophene rings is 1. The van der Waals surface area contributed by atoms with Crippen LogP contribution in [0.5, 0.6) is 0 Å². The molecule has 0 aliphatic rings. The van der Waals surface area contributed by atoms with Gasteiger partial charge in [0.05, 0.1) is 7.11 Å². The average molecular weight is 389 g/mol. The number of hydrogen-bond donors (Lipinski definition) is 1. The third kappa shape index (κ3) is 6.05. The Morgan fingerprint density at radius 3 is 2.52 bits per heavy atom. The molecule has 0 spiro atoms. The molecule has 0 aliphatic carbocycles. The van der Waals surface area contributed by atoms with Crippen molar-refractivity contribution in [3.8, 4) is 0 Å². The van der Waals surface area contributed by atoms with Gasteiger partial charge in [0.15, 0.2) is 0 Å². The fourth-order valence-corrected chi connectivity index (χ4v) is 4.01. The summed E-state index contributed by atoms with van der Waals surface area (Å²) in [4.78, 5) is 12.0. The SMILES string of the molecule is COC(=O)[C@H](CSCc1ccccc1)N[C@H](c1cccs1)C(F)(F)F. The van der Waals surface area contributed by atoms with Crippen LogP contribution in [0.4, 0.5) is 13.2 Å². The third-order valence-corrected chi connectivity index (χ3v) is 5.45. The van der Waals surface area contributed by atoms with Gasteiger partial charge in [-0.1, -0.05) is 36.4 Å². The molecule has 0 radical (unpaired) electrons. The number of alkyl halides is 3. The average Bonchev–Trinajstić information content (AvgIpc) is 3.11. The van der Waals surface area contributed by atoms with Gasteiger partial charge in [0.2, 0.25) is 0 Å². The minimum absolute atomic E-state index is 0.120. The first-order valence-corrected chi connectivity index (χ1v) is 9.51. The van der Waals surface area contributed by atoms with Gasteiger partial charge in [-0.25, -0.2) is 0 Å². The molecule has 0 bridgehead atoms. The quantitative estimate of drug-likeness (QED) is 0.679. The summed E-state index contributed by atoms with van der Waals surface area (Å²) < 4.78 is 44.8. The second-order valence-electron chi connectivity index (χ2n) is 5.23. The van der Waals surface area contributed by atoms with E-state index >= 15 is 0 Å². The predicted octanol–water partition coefficient (Wildman–Crippen LogP) is 4.42. The number of carbonyl (C=O) groups excluding carboxylic acids is 1. The lowest BCUT2D eigenvalue weighted by molar-refractivity contribution is -0.162. The molecule has 2 atom stereocenters. The van der Waals surface area contributed by atoms with Gasteiger partial charge in [-0.2, -0.15) is 24.9 Å². The minimum atomic E-state index is -4.50. The van der Waals surface area contributed by atoms with Crippen LogP contribution in [0.1, 0.15) is 16.5 Å². The summed E-state index contributed by atoms with van der Waals surface area (Å²) in [6.45, 7) is 0. The number of nitrogens with one attached hydrogen (secondary N) is 1. The molecule has 2 rings (SSSR count). The maximum Gasteiger partial charge on any atom is 0.408 e. The molecule has 1 N–H and O–H groups in total. The molecule has 2 aromatic rings. The Kier molecular flexibility index (Phi) is 7.34. The van der Waals surface area contributed by atoms with Crippen LogP contribution in [-0.4, -0.2) is 31.1 Å². The second-order valence-corrected chi connectivity index (χ2v) is 7.24. The van der Waals surface area contributed by atoms with E-state index in [1.54, 1.807) is 11.4 Å². The summed E-state index contributed by atoms with van der Waals surface area (Å²) in [5.74, 6) is 0.0805. The number of halogens is 3. The van der Waals surface area contributed by atoms with Gasteiger partial charge in [0, 0.05) is 16.4 Å². The van der Waals surface area contributed by atoms with Crippen molar-refractivity contribution in [3.63, 3.8) is 0 Å². The normalized spacial score (nSPS) is 14.1. The lowest BCUT2D eigenvalue weighted by Crippen LogP contribution is -2.46. The summed E-state index contributed by atoms with van der Waals surface area (Å²) in [5.41, 5.74) is 1.04. The van der Waals surface area contributed by atoms with Gasteiger partial charge in [-0.15, -0.1) is 11.3 Å². The molecule has 0 aliphatic heterocycles. The minimum Gasteiger partial charge on any atom is -0.468 e. The number of esters is 1. The molecule has 0 unspecified atom stereocenters. The fraction of sp³-hybridized carbons (Fsp3) is 0.353. The number of ether oxygens (including phenoxy) is 1. The Bertz CT molecular complexity index is 648. The molecule has 1 heterocycles. The first-order chi connectivity index (χ1) is 11.9. The maximum absolute atomic E-state index is 13.4. The van der Waals surface area contributed by atoms with Crippen molar-refractivity contribution in [1.82, 2.24) is 5.32 Å². The van der Waals surface area contributed by atoms with Gasteiger partial charge in [-0.05, 0) is 17.0 Å². The lowest BCUT2D eigenvalue weighted by Gasteiger charge is -2.25. The van der Waals surface area contributed by atoms with Crippen LogP contribution in [0, 0.1) is 0 Å². The first kappa shape index (κ1) is 19.8. The highest BCUT2D eigenvalue weighted by Gasteiger charge is 2.43. The van der Waals surface area contributed by atoms with Crippen LogP contribution < -0.4 is 5.32 Å². The number of methoxy groups -OCH3 is 1. The fourth-order valence-electron chi connectivity index (χ4n) is 2.19. The topological polar surface area (TPSA) is 38.3 Å². The van der Waals surface area contributed by atoms with Gasteiger partial charge in [0.1, 0.15) is 12.1 Å². The Morgan fingerprint density at radius 1 is 1.24 bits per heavy atom. The highest BCUT2D eigenvalue weighted by atomic mass is 32.2. The summed E-state index contributed by atoms with van der Waals surface area (Å²) in [5, 5.41) is 4.00. The number of benzene rings is 1. The van der Waals surface area contributed by atoms with Crippen LogP contribution in [-0.2, 0) is 15.3 Å². The molecular weight excluding hydrogens is 371 g/mol. The molecule has 0 saturated heterocycles. The van der Waals surface area contributed by atoms with Crippen molar-refractivity contribution in [2.24, 2.45) is 0 Å². The van der Waals surface area contributed by atoms with Crippen molar-refractivity contribution in [2.45, 2.75) is 24.0 Å². The monoisotopic (exact) mass is 389 g/mol. The Hall–Kier alpha value is -1.51. The first-order valence-electron chi connectivity index (χ1n) is 7.47. The maximum atomic E-state index is 13.4. The Balaban J connectivity index is 2.04. The Morgan fingerprint density at radius 2 is 1.96 bits per heavy atom. The van der Waals surface area contributed by atoms with E-state index in [4.69, 9.17) is 0 Å². The zero-order valence-electron chi connectivity index (χ0n) is 13.5. The summed E-state index contributed by atoms with van der Waals surface area (Å²) in [6.07, 6.45) is -4.50. The lowest BCUT2D eigenvalue weighted by atomic mass is 10.2. The van der Waals surface area contributed by atoms with E-state index in [0.29, 0.717) is 5.75 Å². The van der Waals surface area contributed by atoms with Crippen LogP contribution in [0.3, 0.4) is 0 Å². The van der Waals surface area contributed by atoms with Gasteiger partial charge in [-0.3, -0.25) is 10.1 Å². The van der Waals surface area contributed by atoms with E-state index in [1.165, 1.54) is 24.9 Å². The number of hydrogen-bond acceptors (Lipinski definition) is 5. The molecular formula is C17H18F3NO2S2. The molecule has 1 aromatic carbocycles. The summed E-state index contributed by atoms with van der Waals surface area (Å²) in [6, 6.07) is 9.54. The summed E-state index contributed by atoms with van der Waals surface area (Å²) >= 11 is 2.38. The van der Waals surface area contributed by atoms with Gasteiger partial charge >= 0.3 is 12.1 Å². The molecule has 3 nitrogen and oxygen atoms in total. The molecule has 1 aromatic heterocycles. The molecule has 136 valence electrons. The zero-order valence-corrected chi connectivity index (χ0v) is 15.1. The van der Waals surface area contributed by atoms with Crippen LogP contribution in [0.15, 0.2) is 47.8 Å². The highest BCUT2D eigenvalue weighted by Crippen LogP contribution is 2.35. The van der Waals surface area contributed by atoms with E-state index in [1.807, 2.05) is 30.3 Å². The molecule has 8 heteroatoms. The van der Waals surface area contributed by atoms with E-state index in [2.05, 4.69) is 10.1 Å². The van der Waals surface area contributed by atoms with Crippen molar-refractivity contribution < 1.29 is 22.7 Å². The molecule has 0 fully saturated rings. The Labute approximate surface area is 152 Å². The largest absolute Gasteiger partial charge is 0.468 e. The molecule has 25 heavy (non-hydrogen) atoms. The molecule has 0 saturated carbocycles. The van der Waals surface area contributed by atoms with Crippen molar-refractivity contribution in [1.29, 1.82) is 0 Å². The summed E-state index contributed by atoms with van der Waals surface area (Å²) in [7, 11) is 1.17. The molecule has 0 amide bonds. The van der Waals surface area contributed by atoms with E-state index in [0.717, 1.165) is 16.9 Å². The van der Waals surface area contributed by atoms with Gasteiger partial charge in [0.25, 0.3) is 0 Å². The van der Waals surface area contributed by atoms with E-state index in [-0.39, 0.29) is 10.6 Å². The number of rotatable bonds is 8. The van der Waals surface area contributed by atoms with Crippen molar-refractivity contribution in [2.75, 3.05) is 12.9 Å². The number of thioether (sulfide) groups is 1. The van der Waals surface area contributed by atoms with E-state index < -0.39 is 24.2 Å². The van der Waals surface area contributed by atoms with Crippen LogP contribution in [0.2, 0.25) is 0 Å². The van der Waals surface area contributed by atoms with Crippen molar-refractivity contribution >= 4 is 29.1 Å². The van der Waals surface area contributed by atoms with E-state index in [9.17, 15) is 18.0 Å².